The molecular formula is C18H21N5O2. The average Bonchev–Trinajstić information content (AvgIpc) is 3.19. The lowest BCUT2D eigenvalue weighted by molar-refractivity contribution is 0.101. The molecule has 25 heavy (non-hydrogen) atoms. The molecule has 130 valence electrons. The molecule has 7 heteroatoms. The zero-order chi connectivity index (χ0) is 17.8. The van der Waals surface area contributed by atoms with Crippen LogP contribution in [-0.2, 0) is 20.2 Å². The van der Waals surface area contributed by atoms with Gasteiger partial charge in [0.25, 0.3) is 5.91 Å². The van der Waals surface area contributed by atoms with Crippen LogP contribution in [0.15, 0.2) is 42.7 Å². The Morgan fingerprint density at radius 3 is 2.68 bits per heavy atom. The van der Waals surface area contributed by atoms with Crippen molar-refractivity contribution >= 4 is 11.6 Å². The van der Waals surface area contributed by atoms with Crippen LogP contribution in [0, 0.1) is 6.92 Å². The summed E-state index contributed by atoms with van der Waals surface area (Å²) >= 11 is 0. The molecule has 7 nitrogen and oxygen atoms in total. The molecule has 0 saturated heterocycles. The fourth-order valence-electron chi connectivity index (χ4n) is 2.48. The topological polar surface area (TPSA) is 74.0 Å². The summed E-state index contributed by atoms with van der Waals surface area (Å²) in [4.78, 5) is 12.3. The third-order valence-electron chi connectivity index (χ3n) is 3.82. The Kier molecular flexibility index (Phi) is 4.83. The molecule has 0 fully saturated rings. The molecule has 2 aromatic heterocycles. The predicted molar refractivity (Wildman–Crippen MR) is 94.6 cm³/mol. The van der Waals surface area contributed by atoms with Gasteiger partial charge in [0.05, 0.1) is 23.8 Å². The summed E-state index contributed by atoms with van der Waals surface area (Å²) in [6.45, 7) is 4.23. The van der Waals surface area contributed by atoms with E-state index in [1.165, 1.54) is 5.56 Å². The van der Waals surface area contributed by atoms with Crippen LogP contribution in [0.4, 0.5) is 5.69 Å². The fourth-order valence-corrected chi connectivity index (χ4v) is 2.48. The number of aromatic nitrogens is 4. The first-order chi connectivity index (χ1) is 12.0. The van der Waals surface area contributed by atoms with Crippen molar-refractivity contribution in [1.82, 2.24) is 19.6 Å². The summed E-state index contributed by atoms with van der Waals surface area (Å²) < 4.78 is 8.87. The van der Waals surface area contributed by atoms with Crippen molar-refractivity contribution in [3.63, 3.8) is 0 Å². The van der Waals surface area contributed by atoms with Crippen molar-refractivity contribution in [2.75, 3.05) is 5.32 Å². The molecule has 0 bridgehead atoms. The van der Waals surface area contributed by atoms with Gasteiger partial charge in [-0.25, -0.2) is 4.68 Å². The second-order valence-corrected chi connectivity index (χ2v) is 5.79. The van der Waals surface area contributed by atoms with E-state index in [-0.39, 0.29) is 12.6 Å². The van der Waals surface area contributed by atoms with Gasteiger partial charge < -0.3 is 10.1 Å². The Hall–Kier alpha value is -3.09. The standard InChI is InChI=1S/C18H21N5O2/c1-4-14-5-7-16(8-6-14)25-12-23-11-15(10-19-23)20-18(24)17-9-13(2)21-22(17)3/h5-11H,4,12H2,1-3H3,(H,20,24). The maximum absolute atomic E-state index is 12.3. The number of rotatable bonds is 6. The molecule has 2 heterocycles. The van der Waals surface area contributed by atoms with Gasteiger partial charge in [0.2, 0.25) is 0 Å². The van der Waals surface area contributed by atoms with Crippen LogP contribution in [0.25, 0.3) is 0 Å². The van der Waals surface area contributed by atoms with E-state index in [0.29, 0.717) is 11.4 Å². The second-order valence-electron chi connectivity index (χ2n) is 5.79. The summed E-state index contributed by atoms with van der Waals surface area (Å²) in [6.07, 6.45) is 4.31. The van der Waals surface area contributed by atoms with Gasteiger partial charge in [-0.3, -0.25) is 9.48 Å². The minimum Gasteiger partial charge on any atom is -0.471 e. The Morgan fingerprint density at radius 1 is 1.28 bits per heavy atom. The van der Waals surface area contributed by atoms with Crippen molar-refractivity contribution in [1.29, 1.82) is 0 Å². The molecule has 0 spiro atoms. The van der Waals surface area contributed by atoms with Crippen molar-refractivity contribution < 1.29 is 9.53 Å². The second kappa shape index (κ2) is 7.21. The number of benzene rings is 1. The van der Waals surface area contributed by atoms with E-state index in [2.05, 4.69) is 22.4 Å². The number of carbonyl (C=O) groups is 1. The predicted octanol–water partition coefficient (Wildman–Crippen LogP) is 2.78. The molecule has 0 atom stereocenters. The van der Waals surface area contributed by atoms with Crippen LogP contribution in [0.3, 0.4) is 0 Å². The largest absolute Gasteiger partial charge is 0.471 e. The minimum atomic E-state index is -0.223. The summed E-state index contributed by atoms with van der Waals surface area (Å²) in [5, 5.41) is 11.2. The first kappa shape index (κ1) is 16.8. The van der Waals surface area contributed by atoms with Crippen LogP contribution in [-0.4, -0.2) is 25.5 Å². The number of ether oxygens (including phenoxy) is 1. The zero-order valence-corrected chi connectivity index (χ0v) is 14.6. The van der Waals surface area contributed by atoms with E-state index < -0.39 is 0 Å². The third kappa shape index (κ3) is 4.06. The number of nitrogens with zero attached hydrogens (tertiary/aromatic N) is 4. The molecule has 0 saturated carbocycles. The van der Waals surface area contributed by atoms with E-state index in [9.17, 15) is 4.79 Å². The summed E-state index contributed by atoms with van der Waals surface area (Å²) in [6, 6.07) is 9.70. The summed E-state index contributed by atoms with van der Waals surface area (Å²) in [5.74, 6) is 0.558. The highest BCUT2D eigenvalue weighted by Crippen LogP contribution is 2.14. The van der Waals surface area contributed by atoms with Gasteiger partial charge in [-0.2, -0.15) is 10.2 Å². The lowest BCUT2D eigenvalue weighted by Gasteiger charge is -2.06. The lowest BCUT2D eigenvalue weighted by Crippen LogP contribution is -2.15. The monoisotopic (exact) mass is 339 g/mol. The van der Waals surface area contributed by atoms with Gasteiger partial charge in [-0.05, 0) is 37.1 Å². The highest BCUT2D eigenvalue weighted by Gasteiger charge is 2.12. The molecule has 3 aromatic rings. The van der Waals surface area contributed by atoms with Crippen LogP contribution < -0.4 is 10.1 Å². The Labute approximate surface area is 146 Å². The van der Waals surface area contributed by atoms with Crippen LogP contribution in [0.5, 0.6) is 5.75 Å². The highest BCUT2D eigenvalue weighted by atomic mass is 16.5. The maximum Gasteiger partial charge on any atom is 0.274 e. The Morgan fingerprint density at radius 2 is 2.04 bits per heavy atom. The molecular weight excluding hydrogens is 318 g/mol. The van der Waals surface area contributed by atoms with Crippen LogP contribution in [0.1, 0.15) is 28.7 Å². The van der Waals surface area contributed by atoms with Crippen molar-refractivity contribution in [3.8, 4) is 5.75 Å². The van der Waals surface area contributed by atoms with Crippen molar-refractivity contribution in [2.24, 2.45) is 7.05 Å². The zero-order valence-electron chi connectivity index (χ0n) is 14.6. The molecule has 0 aliphatic rings. The quantitative estimate of drug-likeness (QED) is 0.749. The van der Waals surface area contributed by atoms with E-state index in [0.717, 1.165) is 17.9 Å². The molecule has 3 rings (SSSR count). The molecule has 1 aromatic carbocycles. The molecule has 0 unspecified atom stereocenters. The molecule has 0 radical (unpaired) electrons. The first-order valence-electron chi connectivity index (χ1n) is 8.11. The smallest absolute Gasteiger partial charge is 0.274 e. The minimum absolute atomic E-state index is 0.223. The molecule has 0 aliphatic carbocycles. The summed E-state index contributed by atoms with van der Waals surface area (Å²) in [5.41, 5.74) is 3.17. The van der Waals surface area contributed by atoms with Crippen LogP contribution in [0.2, 0.25) is 0 Å². The number of aryl methyl sites for hydroxylation is 3. The molecule has 1 N–H and O–H groups in total. The average molecular weight is 339 g/mol. The molecule has 1 amide bonds. The fraction of sp³-hybridized carbons (Fsp3) is 0.278. The number of hydrogen-bond donors (Lipinski definition) is 1. The van der Waals surface area contributed by atoms with Gasteiger partial charge in [0.15, 0.2) is 6.73 Å². The SMILES string of the molecule is CCc1ccc(OCn2cc(NC(=O)c3cc(C)nn3C)cn2)cc1. The number of hydrogen-bond acceptors (Lipinski definition) is 4. The number of anilines is 1. The highest BCUT2D eigenvalue weighted by molar-refractivity contribution is 6.02. The lowest BCUT2D eigenvalue weighted by atomic mass is 10.2. The van der Waals surface area contributed by atoms with Gasteiger partial charge in [0, 0.05) is 7.05 Å². The number of carbonyl (C=O) groups excluding carboxylic acids is 1. The van der Waals surface area contributed by atoms with Gasteiger partial charge in [-0.15, -0.1) is 0 Å². The Balaban J connectivity index is 1.58. The maximum atomic E-state index is 12.3. The van der Waals surface area contributed by atoms with E-state index in [1.54, 1.807) is 34.9 Å². The number of amides is 1. The van der Waals surface area contributed by atoms with Crippen molar-refractivity contribution in [2.45, 2.75) is 27.0 Å². The first-order valence-corrected chi connectivity index (χ1v) is 8.11. The van der Waals surface area contributed by atoms with Gasteiger partial charge in [-0.1, -0.05) is 19.1 Å². The molecule has 0 aliphatic heterocycles. The normalized spacial score (nSPS) is 10.7. The van der Waals surface area contributed by atoms with E-state index in [4.69, 9.17) is 4.74 Å². The number of nitrogens with one attached hydrogen (secondary N) is 1. The summed E-state index contributed by atoms with van der Waals surface area (Å²) in [7, 11) is 1.74. The van der Waals surface area contributed by atoms with Crippen molar-refractivity contribution in [3.05, 3.63) is 59.7 Å². The van der Waals surface area contributed by atoms with Gasteiger partial charge in [0.1, 0.15) is 11.4 Å². The van der Waals surface area contributed by atoms with Gasteiger partial charge >= 0.3 is 0 Å². The third-order valence-corrected chi connectivity index (χ3v) is 3.82. The van der Waals surface area contributed by atoms with E-state index in [1.807, 2.05) is 31.2 Å². The Bertz CT molecular complexity index is 864. The van der Waals surface area contributed by atoms with E-state index >= 15 is 0 Å². The van der Waals surface area contributed by atoms with Crippen LogP contribution >= 0.6 is 0 Å².